The minimum Gasteiger partial charge on any atom is -0.309 e. The molecule has 0 unspecified atom stereocenters. The predicted molar refractivity (Wildman–Crippen MR) is 92.0 cm³/mol. The van der Waals surface area contributed by atoms with Crippen LogP contribution in [-0.4, -0.2) is 25.7 Å². The first-order valence-corrected chi connectivity index (χ1v) is 7.87. The van der Waals surface area contributed by atoms with Gasteiger partial charge in [0.05, 0.1) is 17.2 Å². The van der Waals surface area contributed by atoms with E-state index in [-0.39, 0.29) is 24.4 Å². The fourth-order valence-corrected chi connectivity index (χ4v) is 2.53. The Balaban J connectivity index is 1.70. The van der Waals surface area contributed by atoms with Gasteiger partial charge in [0.25, 0.3) is 5.56 Å². The van der Waals surface area contributed by atoms with Gasteiger partial charge >= 0.3 is 0 Å². The molecule has 0 saturated carbocycles. The number of hydrogen-bond donors (Lipinski definition) is 2. The number of carbonyl (C=O) groups is 1. The summed E-state index contributed by atoms with van der Waals surface area (Å²) in [7, 11) is 0. The monoisotopic (exact) mass is 325 g/mol. The molecule has 24 heavy (non-hydrogen) atoms. The van der Waals surface area contributed by atoms with Crippen LogP contribution in [0, 0.1) is 6.92 Å². The minimum atomic E-state index is -0.194. The number of carbonyl (C=O) groups excluding carboxylic acids is 1. The number of hydrogen-bond acceptors (Lipinski definition) is 4. The first kappa shape index (κ1) is 15.9. The first-order chi connectivity index (χ1) is 11.6. The molecule has 0 saturated heterocycles. The highest BCUT2D eigenvalue weighted by atomic mass is 16.2. The van der Waals surface area contributed by atoms with E-state index in [0.717, 1.165) is 17.7 Å². The van der Waals surface area contributed by atoms with Crippen LogP contribution in [0.15, 0.2) is 35.4 Å². The molecular formula is C17H19N5O2. The number of H-pyrrole nitrogens is 1. The van der Waals surface area contributed by atoms with E-state index in [9.17, 15) is 9.59 Å². The van der Waals surface area contributed by atoms with Gasteiger partial charge in [0, 0.05) is 24.7 Å². The zero-order chi connectivity index (χ0) is 17.1. The molecule has 0 aliphatic carbocycles. The van der Waals surface area contributed by atoms with Crippen LogP contribution in [0.25, 0.3) is 10.9 Å². The van der Waals surface area contributed by atoms with E-state index >= 15 is 0 Å². The van der Waals surface area contributed by atoms with Gasteiger partial charge in [-0.15, -0.1) is 0 Å². The molecule has 0 aliphatic rings. The lowest BCUT2D eigenvalue weighted by molar-refractivity contribution is -0.116. The average molecular weight is 325 g/mol. The maximum Gasteiger partial charge on any atom is 0.261 e. The smallest absolute Gasteiger partial charge is 0.261 e. The van der Waals surface area contributed by atoms with Crippen LogP contribution in [0.5, 0.6) is 0 Å². The van der Waals surface area contributed by atoms with E-state index in [1.165, 1.54) is 10.9 Å². The molecule has 3 rings (SSSR count). The molecule has 3 aromatic rings. The van der Waals surface area contributed by atoms with Gasteiger partial charge in [0.1, 0.15) is 0 Å². The summed E-state index contributed by atoms with van der Waals surface area (Å²) < 4.78 is 1.46. The van der Waals surface area contributed by atoms with Gasteiger partial charge in [0.2, 0.25) is 5.91 Å². The van der Waals surface area contributed by atoms with E-state index in [1.54, 1.807) is 12.1 Å². The Morgan fingerprint density at radius 1 is 1.38 bits per heavy atom. The Kier molecular flexibility index (Phi) is 4.41. The van der Waals surface area contributed by atoms with Crippen molar-refractivity contribution in [3.8, 4) is 0 Å². The van der Waals surface area contributed by atoms with Crippen LogP contribution < -0.4 is 10.9 Å². The maximum absolute atomic E-state index is 12.5. The molecule has 0 spiro atoms. The molecule has 2 aromatic heterocycles. The fourth-order valence-electron chi connectivity index (χ4n) is 2.53. The summed E-state index contributed by atoms with van der Waals surface area (Å²) in [6.07, 6.45) is 2.49. The lowest BCUT2D eigenvalue weighted by Gasteiger charge is -2.07. The number of para-hydroxylation sites is 1. The number of nitrogens with one attached hydrogen (secondary N) is 2. The van der Waals surface area contributed by atoms with E-state index in [1.807, 2.05) is 26.0 Å². The zero-order valence-electron chi connectivity index (χ0n) is 13.7. The van der Waals surface area contributed by atoms with Crippen LogP contribution in [0.4, 0.5) is 5.82 Å². The van der Waals surface area contributed by atoms with Crippen LogP contribution in [0.2, 0.25) is 0 Å². The van der Waals surface area contributed by atoms with Gasteiger partial charge in [-0.1, -0.05) is 19.1 Å². The normalized spacial score (nSPS) is 10.9. The Morgan fingerprint density at radius 3 is 2.96 bits per heavy atom. The van der Waals surface area contributed by atoms with Crippen molar-refractivity contribution in [1.82, 2.24) is 19.7 Å². The summed E-state index contributed by atoms with van der Waals surface area (Å²) in [5.41, 5.74) is 2.48. The lowest BCUT2D eigenvalue weighted by Crippen LogP contribution is -2.24. The number of nitrogens with zero attached hydrogens (tertiary/aromatic N) is 3. The fraction of sp³-hybridized carbons (Fsp3) is 0.294. The SMILES string of the molecule is CCc1cc(NC(=O)CCn2cnc3c(C)cccc3c2=O)n[nH]1. The van der Waals surface area contributed by atoms with Crippen molar-refractivity contribution in [1.29, 1.82) is 0 Å². The number of aromatic amines is 1. The van der Waals surface area contributed by atoms with Crippen molar-refractivity contribution >= 4 is 22.6 Å². The standard InChI is InChI=1S/C17H19N5O2/c1-3-12-9-14(21-20-12)19-15(23)7-8-22-10-18-16-11(2)5-4-6-13(16)17(22)24/h4-6,9-10H,3,7-8H2,1-2H3,(H2,19,20,21,23). The number of fused-ring (bicyclic) bond motifs is 1. The highest BCUT2D eigenvalue weighted by Gasteiger charge is 2.09. The molecule has 0 bridgehead atoms. The van der Waals surface area contributed by atoms with Gasteiger partial charge in [-0.25, -0.2) is 4.98 Å². The quantitative estimate of drug-likeness (QED) is 0.750. The van der Waals surface area contributed by atoms with Crippen LogP contribution >= 0.6 is 0 Å². The summed E-state index contributed by atoms with van der Waals surface area (Å²) >= 11 is 0. The summed E-state index contributed by atoms with van der Waals surface area (Å²) in [6, 6.07) is 7.30. The Bertz CT molecular complexity index is 942. The largest absolute Gasteiger partial charge is 0.309 e. The maximum atomic E-state index is 12.5. The third-order valence-electron chi connectivity index (χ3n) is 3.91. The molecule has 0 fully saturated rings. The number of aromatic nitrogens is 4. The molecule has 124 valence electrons. The summed E-state index contributed by atoms with van der Waals surface area (Å²) in [6.45, 7) is 4.19. The van der Waals surface area contributed by atoms with Crippen molar-refractivity contribution in [2.24, 2.45) is 0 Å². The van der Waals surface area contributed by atoms with E-state index in [4.69, 9.17) is 0 Å². The van der Waals surface area contributed by atoms with E-state index < -0.39 is 0 Å². The highest BCUT2D eigenvalue weighted by Crippen LogP contribution is 2.11. The zero-order valence-corrected chi connectivity index (χ0v) is 13.7. The van der Waals surface area contributed by atoms with Crippen LogP contribution in [0.3, 0.4) is 0 Å². The Labute approximate surface area is 138 Å². The first-order valence-electron chi connectivity index (χ1n) is 7.87. The molecule has 0 radical (unpaired) electrons. The highest BCUT2D eigenvalue weighted by molar-refractivity contribution is 5.89. The summed E-state index contributed by atoms with van der Waals surface area (Å²) in [5, 5.41) is 10.1. The Morgan fingerprint density at radius 2 is 2.21 bits per heavy atom. The lowest BCUT2D eigenvalue weighted by atomic mass is 10.1. The van der Waals surface area contributed by atoms with Crippen molar-refractivity contribution in [2.45, 2.75) is 33.2 Å². The molecule has 1 aromatic carbocycles. The molecule has 2 heterocycles. The number of amides is 1. The van der Waals surface area contributed by atoms with Gasteiger partial charge in [-0.05, 0) is 25.0 Å². The van der Waals surface area contributed by atoms with E-state index in [0.29, 0.717) is 16.7 Å². The molecule has 7 nitrogen and oxygen atoms in total. The topological polar surface area (TPSA) is 92.7 Å². The number of anilines is 1. The van der Waals surface area contributed by atoms with Crippen LogP contribution in [-0.2, 0) is 17.8 Å². The summed E-state index contributed by atoms with van der Waals surface area (Å²) in [4.78, 5) is 28.8. The van der Waals surface area contributed by atoms with Gasteiger partial charge in [-0.2, -0.15) is 5.10 Å². The second-order valence-electron chi connectivity index (χ2n) is 5.64. The van der Waals surface area contributed by atoms with Crippen molar-refractivity contribution in [3.63, 3.8) is 0 Å². The van der Waals surface area contributed by atoms with Crippen LogP contribution in [0.1, 0.15) is 24.6 Å². The molecule has 0 atom stereocenters. The van der Waals surface area contributed by atoms with Crippen molar-refractivity contribution in [3.05, 3.63) is 52.2 Å². The molecule has 0 aliphatic heterocycles. The number of rotatable bonds is 5. The summed E-state index contributed by atoms with van der Waals surface area (Å²) in [5.74, 6) is 0.303. The predicted octanol–water partition coefficient (Wildman–Crippen LogP) is 2.02. The number of benzene rings is 1. The third kappa shape index (κ3) is 3.19. The second-order valence-corrected chi connectivity index (χ2v) is 5.64. The van der Waals surface area contributed by atoms with Gasteiger partial charge in [-0.3, -0.25) is 19.3 Å². The van der Waals surface area contributed by atoms with Crippen molar-refractivity contribution < 1.29 is 4.79 Å². The van der Waals surface area contributed by atoms with Crippen molar-refractivity contribution in [2.75, 3.05) is 5.32 Å². The van der Waals surface area contributed by atoms with Gasteiger partial charge in [0.15, 0.2) is 5.82 Å². The molecule has 1 amide bonds. The third-order valence-corrected chi connectivity index (χ3v) is 3.91. The van der Waals surface area contributed by atoms with E-state index in [2.05, 4.69) is 20.5 Å². The van der Waals surface area contributed by atoms with Gasteiger partial charge < -0.3 is 5.32 Å². The molecule has 7 heteroatoms. The second kappa shape index (κ2) is 6.66. The number of aryl methyl sites for hydroxylation is 3. The Hall–Kier alpha value is -2.96. The molecule has 2 N–H and O–H groups in total. The molecular weight excluding hydrogens is 306 g/mol. The minimum absolute atomic E-state index is 0.135. The average Bonchev–Trinajstić information content (AvgIpc) is 3.02.